The molecule has 1 amide bonds. The number of nitrogens with zero attached hydrogens (tertiary/aromatic N) is 2. The molecule has 0 saturated carbocycles. The van der Waals surface area contributed by atoms with Gasteiger partial charge in [0.15, 0.2) is 23.3 Å². The number of thioether (sulfide) groups is 1. The van der Waals surface area contributed by atoms with Gasteiger partial charge in [0, 0.05) is 6.54 Å². The smallest absolute Gasteiger partial charge is 0.343 e. The minimum atomic E-state index is -0.486. The molecule has 0 N–H and O–H groups in total. The van der Waals surface area contributed by atoms with Crippen LogP contribution in [-0.2, 0) is 14.3 Å². The Bertz CT molecular complexity index is 1080. The fourth-order valence-electron chi connectivity index (χ4n) is 3.11. The summed E-state index contributed by atoms with van der Waals surface area (Å²) in [5.74, 6) is 1.08. The lowest BCUT2D eigenvalue weighted by molar-refractivity contribution is -0.142. The minimum Gasteiger partial charge on any atom is -0.494 e. The van der Waals surface area contributed by atoms with E-state index in [2.05, 4.69) is 9.73 Å². The summed E-state index contributed by atoms with van der Waals surface area (Å²) in [7, 11) is 1.30. The average Bonchev–Trinajstić information content (AvgIpc) is 3.13. The Morgan fingerprint density at radius 3 is 2.38 bits per heavy atom. The molecular formula is C25H28N2O6S. The van der Waals surface area contributed by atoms with Crippen molar-refractivity contribution < 1.29 is 28.5 Å². The van der Waals surface area contributed by atoms with Crippen LogP contribution in [0.4, 0.5) is 5.69 Å². The van der Waals surface area contributed by atoms with E-state index in [1.807, 2.05) is 45.0 Å². The molecule has 0 aromatic heterocycles. The van der Waals surface area contributed by atoms with Crippen LogP contribution in [0.5, 0.6) is 17.2 Å². The predicted octanol–water partition coefficient (Wildman–Crippen LogP) is 4.66. The quantitative estimate of drug-likeness (QED) is 0.358. The number of carbonyl (C=O) groups is 2. The molecule has 180 valence electrons. The molecule has 0 radical (unpaired) electrons. The van der Waals surface area contributed by atoms with E-state index < -0.39 is 5.97 Å². The molecular weight excluding hydrogens is 456 g/mol. The summed E-state index contributed by atoms with van der Waals surface area (Å²) in [5, 5.41) is 0.617. The Balaban J connectivity index is 1.83. The van der Waals surface area contributed by atoms with E-state index in [-0.39, 0.29) is 12.5 Å². The van der Waals surface area contributed by atoms with Gasteiger partial charge < -0.3 is 18.9 Å². The molecule has 0 unspecified atom stereocenters. The molecule has 1 fully saturated rings. The zero-order valence-electron chi connectivity index (χ0n) is 19.7. The van der Waals surface area contributed by atoms with E-state index in [1.165, 1.54) is 18.9 Å². The van der Waals surface area contributed by atoms with Crippen LogP contribution >= 0.6 is 11.8 Å². The van der Waals surface area contributed by atoms with E-state index in [0.29, 0.717) is 41.3 Å². The van der Waals surface area contributed by atoms with Crippen molar-refractivity contribution in [3.05, 3.63) is 52.9 Å². The fourth-order valence-corrected chi connectivity index (χ4v) is 4.18. The van der Waals surface area contributed by atoms with Gasteiger partial charge >= 0.3 is 5.97 Å². The number of hydrogen-bond acceptors (Lipinski definition) is 8. The molecule has 1 heterocycles. The highest BCUT2D eigenvalue weighted by molar-refractivity contribution is 8.18. The summed E-state index contributed by atoms with van der Waals surface area (Å²) in [4.78, 5) is 31.3. The number of ether oxygens (including phenoxy) is 4. The van der Waals surface area contributed by atoms with Gasteiger partial charge in [0.25, 0.3) is 5.91 Å². The van der Waals surface area contributed by atoms with Gasteiger partial charge in [0.1, 0.15) is 5.75 Å². The van der Waals surface area contributed by atoms with Crippen LogP contribution in [0.25, 0.3) is 6.08 Å². The highest BCUT2D eigenvalue weighted by Gasteiger charge is 2.32. The topological polar surface area (TPSA) is 86.7 Å². The molecule has 34 heavy (non-hydrogen) atoms. The molecule has 1 aliphatic rings. The second-order valence-electron chi connectivity index (χ2n) is 6.99. The molecule has 1 saturated heterocycles. The van der Waals surface area contributed by atoms with E-state index in [0.717, 1.165) is 17.0 Å². The van der Waals surface area contributed by atoms with Crippen LogP contribution in [0.2, 0.25) is 0 Å². The predicted molar refractivity (Wildman–Crippen MR) is 133 cm³/mol. The van der Waals surface area contributed by atoms with Crippen molar-refractivity contribution in [1.29, 1.82) is 0 Å². The van der Waals surface area contributed by atoms with Crippen molar-refractivity contribution in [3.63, 3.8) is 0 Å². The zero-order valence-corrected chi connectivity index (χ0v) is 20.5. The largest absolute Gasteiger partial charge is 0.494 e. The summed E-state index contributed by atoms with van der Waals surface area (Å²) in [6.07, 6.45) is 1.79. The normalized spacial score (nSPS) is 15.6. The van der Waals surface area contributed by atoms with Crippen LogP contribution in [-0.4, -0.2) is 55.4 Å². The number of methoxy groups -OCH3 is 1. The Hall–Kier alpha value is -3.46. The van der Waals surface area contributed by atoms with Crippen molar-refractivity contribution in [2.24, 2.45) is 4.99 Å². The maximum absolute atomic E-state index is 13.0. The Morgan fingerprint density at radius 1 is 1.00 bits per heavy atom. The third-order valence-corrected chi connectivity index (χ3v) is 5.72. The van der Waals surface area contributed by atoms with Crippen LogP contribution < -0.4 is 14.2 Å². The average molecular weight is 485 g/mol. The van der Waals surface area contributed by atoms with Crippen molar-refractivity contribution in [2.75, 3.05) is 33.5 Å². The lowest BCUT2D eigenvalue weighted by Gasteiger charge is -2.12. The highest BCUT2D eigenvalue weighted by atomic mass is 32.2. The Morgan fingerprint density at radius 2 is 1.74 bits per heavy atom. The minimum absolute atomic E-state index is 0.110. The third-order valence-electron chi connectivity index (χ3n) is 4.72. The monoisotopic (exact) mass is 484 g/mol. The number of benzene rings is 2. The molecule has 0 spiro atoms. The maximum atomic E-state index is 13.0. The molecule has 8 nitrogen and oxygen atoms in total. The summed E-state index contributed by atoms with van der Waals surface area (Å²) < 4.78 is 21.2. The number of rotatable bonds is 10. The SMILES string of the molecule is CCOc1ccc(N=C2S/C(=C/c3ccc(OCC(=O)OC)c(OCC)c3)C(=O)N2CC)cc1. The van der Waals surface area contributed by atoms with Crippen molar-refractivity contribution in [3.8, 4) is 17.2 Å². The summed E-state index contributed by atoms with van der Waals surface area (Å²) in [5.41, 5.74) is 1.51. The molecule has 9 heteroatoms. The van der Waals surface area contributed by atoms with Gasteiger partial charge in [0.2, 0.25) is 0 Å². The van der Waals surface area contributed by atoms with E-state index >= 15 is 0 Å². The van der Waals surface area contributed by atoms with Gasteiger partial charge in [-0.2, -0.15) is 0 Å². The van der Waals surface area contributed by atoms with Crippen LogP contribution in [0.15, 0.2) is 52.4 Å². The van der Waals surface area contributed by atoms with E-state index in [1.54, 1.807) is 29.2 Å². The number of carbonyl (C=O) groups excluding carboxylic acids is 2. The molecule has 0 atom stereocenters. The first kappa shape index (κ1) is 25.2. The summed E-state index contributed by atoms with van der Waals surface area (Å²) in [6, 6.07) is 12.7. The van der Waals surface area contributed by atoms with Gasteiger partial charge in [-0.25, -0.2) is 9.79 Å². The maximum Gasteiger partial charge on any atom is 0.343 e. The Labute approximate surface area is 203 Å². The molecule has 3 rings (SSSR count). The molecule has 2 aromatic rings. The molecule has 2 aromatic carbocycles. The van der Waals surface area contributed by atoms with Crippen LogP contribution in [0, 0.1) is 0 Å². The second-order valence-corrected chi connectivity index (χ2v) is 7.99. The number of likely N-dealkylation sites (N-methyl/N-ethyl adjacent to an activating group) is 1. The second kappa shape index (κ2) is 12.1. The van der Waals surface area contributed by atoms with Crippen molar-refractivity contribution in [1.82, 2.24) is 4.90 Å². The molecule has 1 aliphatic heterocycles. The summed E-state index contributed by atoms with van der Waals surface area (Å²) >= 11 is 1.32. The standard InChI is InChI=1S/C25H28N2O6S/c1-5-27-24(29)22(34-25(27)26-18-9-11-19(12-10-18)31-6-2)15-17-8-13-20(21(14-17)32-7-3)33-16-23(28)30-4/h8-15H,5-7,16H2,1-4H3/b22-15+,26-25?. The van der Waals surface area contributed by atoms with Crippen molar-refractivity contribution in [2.45, 2.75) is 20.8 Å². The zero-order chi connectivity index (χ0) is 24.5. The first-order valence-electron chi connectivity index (χ1n) is 11.0. The Kier molecular flexibility index (Phi) is 8.98. The number of amides is 1. The summed E-state index contributed by atoms with van der Waals surface area (Å²) in [6.45, 7) is 7.00. The van der Waals surface area contributed by atoms with Crippen molar-refractivity contribution >= 4 is 40.6 Å². The van der Waals surface area contributed by atoms with Gasteiger partial charge in [-0.3, -0.25) is 9.69 Å². The van der Waals surface area contributed by atoms with Gasteiger partial charge in [0.05, 0.1) is 30.9 Å². The number of hydrogen-bond donors (Lipinski definition) is 0. The van der Waals surface area contributed by atoms with Gasteiger partial charge in [-0.1, -0.05) is 6.07 Å². The highest BCUT2D eigenvalue weighted by Crippen LogP contribution is 2.36. The first-order valence-corrected chi connectivity index (χ1v) is 11.8. The van der Waals surface area contributed by atoms with Gasteiger partial charge in [-0.05, 0) is 80.6 Å². The fraction of sp³-hybridized carbons (Fsp3) is 0.320. The number of aliphatic imine (C=N–C) groups is 1. The van der Waals surface area contributed by atoms with Gasteiger partial charge in [-0.15, -0.1) is 0 Å². The third kappa shape index (κ3) is 6.32. The first-order chi connectivity index (χ1) is 16.5. The number of esters is 1. The molecule has 0 bridgehead atoms. The lowest BCUT2D eigenvalue weighted by Crippen LogP contribution is -2.28. The number of amidine groups is 1. The lowest BCUT2D eigenvalue weighted by atomic mass is 10.2. The molecule has 0 aliphatic carbocycles. The van der Waals surface area contributed by atoms with Crippen LogP contribution in [0.3, 0.4) is 0 Å². The van der Waals surface area contributed by atoms with E-state index in [9.17, 15) is 9.59 Å². The van der Waals surface area contributed by atoms with E-state index in [4.69, 9.17) is 14.2 Å². The van der Waals surface area contributed by atoms with Crippen LogP contribution in [0.1, 0.15) is 26.3 Å².